The number of ether oxygens (including phenoxy) is 1. The molecular formula is C18H20FNO. The lowest BCUT2D eigenvalue weighted by Crippen LogP contribution is -2.24. The summed E-state index contributed by atoms with van der Waals surface area (Å²) in [4.78, 5) is 0. The zero-order valence-corrected chi connectivity index (χ0v) is 12.2. The Hall–Kier alpha value is -1.71. The minimum absolute atomic E-state index is 0.114. The summed E-state index contributed by atoms with van der Waals surface area (Å²) in [7, 11) is 0. The van der Waals surface area contributed by atoms with Crippen molar-refractivity contribution in [3.8, 4) is 0 Å². The van der Waals surface area contributed by atoms with Gasteiger partial charge < -0.3 is 10.1 Å². The van der Waals surface area contributed by atoms with Gasteiger partial charge in [-0.1, -0.05) is 43.3 Å². The fourth-order valence-corrected chi connectivity index (χ4v) is 2.78. The van der Waals surface area contributed by atoms with Crippen molar-refractivity contribution >= 4 is 0 Å². The molecule has 0 radical (unpaired) electrons. The zero-order chi connectivity index (χ0) is 14.7. The fraction of sp³-hybridized carbons (Fsp3) is 0.333. The van der Waals surface area contributed by atoms with E-state index in [0.29, 0.717) is 18.8 Å². The summed E-state index contributed by atoms with van der Waals surface area (Å²) in [6, 6.07) is 13.2. The molecule has 0 saturated carbocycles. The Balaban J connectivity index is 1.97. The molecule has 2 aromatic rings. The normalized spacial score (nSPS) is 15.0. The van der Waals surface area contributed by atoms with E-state index in [1.165, 1.54) is 17.2 Å². The van der Waals surface area contributed by atoms with Crippen LogP contribution in [0.15, 0.2) is 42.5 Å². The molecule has 1 atom stereocenters. The molecule has 0 aromatic heterocycles. The van der Waals surface area contributed by atoms with Crippen molar-refractivity contribution in [2.75, 3.05) is 6.54 Å². The second kappa shape index (κ2) is 6.37. The molecule has 1 aliphatic heterocycles. The van der Waals surface area contributed by atoms with Crippen LogP contribution in [-0.4, -0.2) is 6.54 Å². The van der Waals surface area contributed by atoms with Gasteiger partial charge in [0.05, 0.1) is 19.3 Å². The highest BCUT2D eigenvalue weighted by Crippen LogP contribution is 2.28. The van der Waals surface area contributed by atoms with Gasteiger partial charge in [0.15, 0.2) is 0 Å². The largest absolute Gasteiger partial charge is 0.372 e. The molecule has 2 nitrogen and oxygen atoms in total. The van der Waals surface area contributed by atoms with Crippen molar-refractivity contribution in [3.63, 3.8) is 0 Å². The van der Waals surface area contributed by atoms with Crippen LogP contribution in [0.2, 0.25) is 0 Å². The maximum absolute atomic E-state index is 14.2. The Morgan fingerprint density at radius 1 is 1.14 bits per heavy atom. The van der Waals surface area contributed by atoms with E-state index >= 15 is 0 Å². The molecule has 3 heteroatoms. The molecule has 1 N–H and O–H groups in total. The summed E-state index contributed by atoms with van der Waals surface area (Å²) < 4.78 is 19.6. The number of hydrogen-bond donors (Lipinski definition) is 1. The number of nitrogens with one attached hydrogen (secondary N) is 1. The molecule has 1 unspecified atom stereocenters. The average Bonchev–Trinajstić information content (AvgIpc) is 2.97. The molecule has 0 spiro atoms. The summed E-state index contributed by atoms with van der Waals surface area (Å²) in [6.45, 7) is 4.30. The van der Waals surface area contributed by atoms with E-state index in [1.807, 2.05) is 12.1 Å². The molecule has 2 aromatic carbocycles. The Morgan fingerprint density at radius 2 is 1.95 bits per heavy atom. The predicted octanol–water partition coefficient (Wildman–Crippen LogP) is 3.94. The van der Waals surface area contributed by atoms with E-state index in [2.05, 4.69) is 30.4 Å². The number of halogens is 1. The molecule has 0 aliphatic carbocycles. The molecule has 1 heterocycles. The standard InChI is InChI=1S/C18H20FNO/c1-2-9-20-18(16-5-3-4-6-17(16)19)13-7-8-14-11-21-12-15(14)10-13/h3-8,10,18,20H,2,9,11-12H2,1H3. The summed E-state index contributed by atoms with van der Waals surface area (Å²) in [5.74, 6) is -0.164. The highest BCUT2D eigenvalue weighted by Gasteiger charge is 2.19. The Labute approximate surface area is 125 Å². The minimum Gasteiger partial charge on any atom is -0.372 e. The average molecular weight is 285 g/mol. The van der Waals surface area contributed by atoms with Gasteiger partial charge >= 0.3 is 0 Å². The lowest BCUT2D eigenvalue weighted by Gasteiger charge is -2.21. The number of rotatable bonds is 5. The molecule has 110 valence electrons. The first-order valence-corrected chi connectivity index (χ1v) is 7.47. The topological polar surface area (TPSA) is 21.3 Å². The summed E-state index contributed by atoms with van der Waals surface area (Å²) in [5.41, 5.74) is 4.25. The Kier molecular flexibility index (Phi) is 4.32. The number of fused-ring (bicyclic) bond motifs is 1. The van der Waals surface area contributed by atoms with Gasteiger partial charge in [-0.05, 0) is 35.7 Å². The van der Waals surface area contributed by atoms with Gasteiger partial charge in [-0.25, -0.2) is 4.39 Å². The molecule has 3 rings (SSSR count). The molecule has 0 amide bonds. The molecule has 0 fully saturated rings. The van der Waals surface area contributed by atoms with E-state index in [4.69, 9.17) is 4.74 Å². The summed E-state index contributed by atoms with van der Waals surface area (Å²) >= 11 is 0. The molecular weight excluding hydrogens is 265 g/mol. The monoisotopic (exact) mass is 285 g/mol. The van der Waals surface area contributed by atoms with Crippen molar-refractivity contribution in [1.82, 2.24) is 5.32 Å². The first-order valence-electron chi connectivity index (χ1n) is 7.47. The van der Waals surface area contributed by atoms with Crippen LogP contribution in [-0.2, 0) is 18.0 Å². The third-order valence-corrected chi connectivity index (χ3v) is 3.89. The predicted molar refractivity (Wildman–Crippen MR) is 81.5 cm³/mol. The van der Waals surface area contributed by atoms with Crippen molar-refractivity contribution in [1.29, 1.82) is 0 Å². The second-order valence-electron chi connectivity index (χ2n) is 5.43. The van der Waals surface area contributed by atoms with E-state index in [0.717, 1.165) is 18.5 Å². The molecule has 21 heavy (non-hydrogen) atoms. The summed E-state index contributed by atoms with van der Waals surface area (Å²) in [6.07, 6.45) is 1.01. The van der Waals surface area contributed by atoms with Crippen LogP contribution in [0.25, 0.3) is 0 Å². The third kappa shape index (κ3) is 2.99. The highest BCUT2D eigenvalue weighted by atomic mass is 19.1. The lowest BCUT2D eigenvalue weighted by atomic mass is 9.95. The molecule has 0 saturated heterocycles. The van der Waals surface area contributed by atoms with Crippen LogP contribution in [0.5, 0.6) is 0 Å². The highest BCUT2D eigenvalue weighted by molar-refractivity contribution is 5.39. The van der Waals surface area contributed by atoms with Gasteiger partial charge in [0.1, 0.15) is 5.82 Å². The van der Waals surface area contributed by atoms with Gasteiger partial charge in [-0.2, -0.15) is 0 Å². The van der Waals surface area contributed by atoms with Gasteiger partial charge in [0.2, 0.25) is 0 Å². The van der Waals surface area contributed by atoms with Crippen LogP contribution in [0.4, 0.5) is 4.39 Å². The molecule has 1 aliphatic rings. The van der Waals surface area contributed by atoms with Crippen LogP contribution in [0.1, 0.15) is 41.6 Å². The Morgan fingerprint density at radius 3 is 2.76 bits per heavy atom. The molecule has 0 bridgehead atoms. The number of benzene rings is 2. The van der Waals surface area contributed by atoms with Gasteiger partial charge in [0, 0.05) is 5.56 Å². The van der Waals surface area contributed by atoms with Crippen LogP contribution < -0.4 is 5.32 Å². The van der Waals surface area contributed by atoms with Gasteiger partial charge in [-0.3, -0.25) is 0 Å². The van der Waals surface area contributed by atoms with E-state index in [-0.39, 0.29) is 11.9 Å². The zero-order valence-electron chi connectivity index (χ0n) is 12.2. The van der Waals surface area contributed by atoms with Crippen LogP contribution in [0.3, 0.4) is 0 Å². The van der Waals surface area contributed by atoms with Crippen LogP contribution in [0, 0.1) is 5.82 Å². The SMILES string of the molecule is CCCNC(c1ccc2c(c1)COC2)c1ccccc1F. The third-order valence-electron chi connectivity index (χ3n) is 3.89. The van der Waals surface area contributed by atoms with Crippen molar-refractivity contribution < 1.29 is 9.13 Å². The van der Waals surface area contributed by atoms with Crippen LogP contribution >= 0.6 is 0 Å². The fourth-order valence-electron chi connectivity index (χ4n) is 2.78. The lowest BCUT2D eigenvalue weighted by molar-refractivity contribution is 0.134. The second-order valence-corrected chi connectivity index (χ2v) is 5.43. The Bertz CT molecular complexity index is 626. The maximum Gasteiger partial charge on any atom is 0.128 e. The quantitative estimate of drug-likeness (QED) is 0.898. The van der Waals surface area contributed by atoms with E-state index in [9.17, 15) is 4.39 Å². The van der Waals surface area contributed by atoms with E-state index in [1.54, 1.807) is 6.07 Å². The van der Waals surface area contributed by atoms with Gasteiger partial charge in [0.25, 0.3) is 0 Å². The van der Waals surface area contributed by atoms with Gasteiger partial charge in [-0.15, -0.1) is 0 Å². The minimum atomic E-state index is -0.164. The maximum atomic E-state index is 14.2. The van der Waals surface area contributed by atoms with Crippen molar-refractivity contribution in [3.05, 3.63) is 70.5 Å². The smallest absolute Gasteiger partial charge is 0.128 e. The summed E-state index contributed by atoms with van der Waals surface area (Å²) in [5, 5.41) is 3.45. The first kappa shape index (κ1) is 14.2. The van der Waals surface area contributed by atoms with Crippen molar-refractivity contribution in [2.24, 2.45) is 0 Å². The first-order chi connectivity index (χ1) is 10.3. The van der Waals surface area contributed by atoms with Crippen molar-refractivity contribution in [2.45, 2.75) is 32.6 Å². The van der Waals surface area contributed by atoms with E-state index < -0.39 is 0 Å². The number of hydrogen-bond acceptors (Lipinski definition) is 2.